The van der Waals surface area contributed by atoms with Crippen LogP contribution in [0.1, 0.15) is 5.56 Å². The minimum atomic E-state index is -0.592. The fraction of sp³-hybridized carbons (Fsp3) is 0.182. The van der Waals surface area contributed by atoms with Crippen LogP contribution in [-0.2, 0) is 6.54 Å². The first-order chi connectivity index (χ1) is 9.10. The van der Waals surface area contributed by atoms with Gasteiger partial charge >= 0.3 is 11.4 Å². The largest absolute Gasteiger partial charge is 0.373 e. The highest BCUT2D eigenvalue weighted by atomic mass is 16.6. The maximum atomic E-state index is 11.5. The van der Waals surface area contributed by atoms with Gasteiger partial charge in [0.1, 0.15) is 12.0 Å². The Kier molecular flexibility index (Phi) is 3.51. The van der Waals surface area contributed by atoms with Gasteiger partial charge in [0.05, 0.1) is 17.7 Å². The number of nitrogens with zero attached hydrogens (tertiary/aromatic N) is 4. The second-order valence-corrected chi connectivity index (χ2v) is 3.78. The Labute approximate surface area is 107 Å². The first kappa shape index (κ1) is 12.7. The maximum absolute atomic E-state index is 11.5. The number of nitrogens with one attached hydrogen (secondary N) is 1. The lowest BCUT2D eigenvalue weighted by Crippen LogP contribution is -2.23. The summed E-state index contributed by atoms with van der Waals surface area (Å²) < 4.78 is 1.17. The number of hydrogen-bond acceptors (Lipinski definition) is 6. The van der Waals surface area contributed by atoms with Crippen molar-refractivity contribution in [2.24, 2.45) is 0 Å². The number of hydrogen-bond donors (Lipinski definition) is 1. The van der Waals surface area contributed by atoms with Crippen LogP contribution in [-0.4, -0.2) is 26.5 Å². The molecule has 8 heteroatoms. The molecule has 0 saturated heterocycles. The van der Waals surface area contributed by atoms with E-state index in [0.29, 0.717) is 5.82 Å². The Hall–Kier alpha value is -2.77. The molecule has 8 nitrogen and oxygen atoms in total. The Bertz CT molecular complexity index is 650. The quantitative estimate of drug-likeness (QED) is 0.639. The van der Waals surface area contributed by atoms with E-state index in [-0.39, 0.29) is 12.2 Å². The van der Waals surface area contributed by atoms with E-state index >= 15 is 0 Å². The molecule has 0 aromatic carbocycles. The van der Waals surface area contributed by atoms with Crippen molar-refractivity contribution in [3.8, 4) is 0 Å². The molecule has 1 N–H and O–H groups in total. The van der Waals surface area contributed by atoms with E-state index in [4.69, 9.17) is 0 Å². The molecule has 0 aliphatic heterocycles. The highest BCUT2D eigenvalue weighted by molar-refractivity contribution is 5.34. The van der Waals surface area contributed by atoms with E-state index < -0.39 is 10.6 Å². The normalized spacial score (nSPS) is 10.2. The molecule has 0 radical (unpaired) electrons. The number of nitro groups is 1. The van der Waals surface area contributed by atoms with Crippen LogP contribution in [0, 0.1) is 10.1 Å². The monoisotopic (exact) mass is 261 g/mol. The van der Waals surface area contributed by atoms with Crippen molar-refractivity contribution in [3.63, 3.8) is 0 Å². The van der Waals surface area contributed by atoms with E-state index in [1.165, 1.54) is 10.8 Å². The number of pyridine rings is 1. The van der Waals surface area contributed by atoms with E-state index in [1.54, 1.807) is 25.4 Å². The lowest BCUT2D eigenvalue weighted by molar-refractivity contribution is -0.385. The lowest BCUT2D eigenvalue weighted by atomic mass is 10.3. The van der Waals surface area contributed by atoms with Crippen molar-refractivity contribution in [3.05, 3.63) is 56.9 Å². The molecule has 0 aliphatic carbocycles. The van der Waals surface area contributed by atoms with E-state index in [2.05, 4.69) is 15.3 Å². The SMILES string of the molecule is CNc1ccc(Cn2cc([N+](=O)[O-])cnc2=O)cn1. The zero-order valence-electron chi connectivity index (χ0n) is 10.1. The highest BCUT2D eigenvalue weighted by Crippen LogP contribution is 2.08. The minimum Gasteiger partial charge on any atom is -0.373 e. The molecule has 2 rings (SSSR count). The van der Waals surface area contributed by atoms with Crippen molar-refractivity contribution < 1.29 is 4.92 Å². The summed E-state index contributed by atoms with van der Waals surface area (Å²) >= 11 is 0. The molecule has 2 heterocycles. The molecule has 0 fully saturated rings. The summed E-state index contributed by atoms with van der Waals surface area (Å²) in [7, 11) is 1.75. The summed E-state index contributed by atoms with van der Waals surface area (Å²) in [5, 5.41) is 13.5. The first-order valence-corrected chi connectivity index (χ1v) is 5.43. The van der Waals surface area contributed by atoms with Gasteiger partial charge in [0, 0.05) is 13.2 Å². The van der Waals surface area contributed by atoms with E-state index in [0.717, 1.165) is 11.8 Å². The molecule has 0 spiro atoms. The van der Waals surface area contributed by atoms with Crippen LogP contribution in [0.2, 0.25) is 0 Å². The van der Waals surface area contributed by atoms with E-state index in [1.807, 2.05) is 0 Å². The summed E-state index contributed by atoms with van der Waals surface area (Å²) in [5.74, 6) is 0.702. The summed E-state index contributed by atoms with van der Waals surface area (Å²) in [6.45, 7) is 0.185. The smallest absolute Gasteiger partial charge is 0.348 e. The summed E-state index contributed by atoms with van der Waals surface area (Å²) in [4.78, 5) is 29.1. The molecule has 98 valence electrons. The molecule has 2 aromatic heterocycles. The summed E-state index contributed by atoms with van der Waals surface area (Å²) in [6, 6.07) is 3.54. The number of rotatable bonds is 4. The molecular weight excluding hydrogens is 250 g/mol. The van der Waals surface area contributed by atoms with Crippen LogP contribution >= 0.6 is 0 Å². The fourth-order valence-electron chi connectivity index (χ4n) is 1.51. The average Bonchev–Trinajstić information content (AvgIpc) is 2.42. The highest BCUT2D eigenvalue weighted by Gasteiger charge is 2.09. The molecule has 0 amide bonds. The van der Waals surface area contributed by atoms with Crippen LogP contribution < -0.4 is 11.0 Å². The van der Waals surface area contributed by atoms with Gasteiger partial charge in [0.2, 0.25) is 0 Å². The average molecular weight is 261 g/mol. The zero-order valence-corrected chi connectivity index (χ0v) is 10.1. The van der Waals surface area contributed by atoms with Gasteiger partial charge < -0.3 is 5.32 Å². The number of aromatic nitrogens is 3. The van der Waals surface area contributed by atoms with Gasteiger partial charge in [-0.1, -0.05) is 6.07 Å². The Morgan fingerprint density at radius 3 is 2.74 bits per heavy atom. The number of anilines is 1. The van der Waals surface area contributed by atoms with Gasteiger partial charge in [0.25, 0.3) is 0 Å². The zero-order chi connectivity index (χ0) is 13.8. The Morgan fingerprint density at radius 2 is 2.16 bits per heavy atom. The molecule has 0 atom stereocenters. The maximum Gasteiger partial charge on any atom is 0.348 e. The van der Waals surface area contributed by atoms with Crippen molar-refractivity contribution >= 4 is 11.5 Å². The minimum absolute atomic E-state index is 0.185. The van der Waals surface area contributed by atoms with Crippen molar-refractivity contribution in [2.45, 2.75) is 6.54 Å². The molecule has 0 aliphatic rings. The van der Waals surface area contributed by atoms with Gasteiger partial charge in [-0.2, -0.15) is 4.98 Å². The summed E-state index contributed by atoms with van der Waals surface area (Å²) in [5.41, 5.74) is -0.00825. The third-order valence-electron chi connectivity index (χ3n) is 2.49. The van der Waals surface area contributed by atoms with Crippen molar-refractivity contribution in [1.82, 2.24) is 14.5 Å². The summed E-state index contributed by atoms with van der Waals surface area (Å²) in [6.07, 6.45) is 3.71. The topological polar surface area (TPSA) is 103 Å². The van der Waals surface area contributed by atoms with Crippen LogP contribution in [0.5, 0.6) is 0 Å². The standard InChI is InChI=1S/C11H11N5O3/c1-12-10-3-2-8(4-13-10)6-15-7-9(16(18)19)5-14-11(15)17/h2-5,7H,6H2,1H3,(H,12,13). The second kappa shape index (κ2) is 5.25. The predicted molar refractivity (Wildman–Crippen MR) is 68.0 cm³/mol. The molecule has 0 saturated carbocycles. The van der Waals surface area contributed by atoms with Crippen LogP contribution in [0.15, 0.2) is 35.5 Å². The molecule has 19 heavy (non-hydrogen) atoms. The van der Waals surface area contributed by atoms with Crippen molar-refractivity contribution in [1.29, 1.82) is 0 Å². The van der Waals surface area contributed by atoms with Gasteiger partial charge in [-0.25, -0.2) is 9.78 Å². The first-order valence-electron chi connectivity index (χ1n) is 5.43. The van der Waals surface area contributed by atoms with Gasteiger partial charge in [-0.05, 0) is 11.6 Å². The van der Waals surface area contributed by atoms with Gasteiger partial charge in [-0.15, -0.1) is 0 Å². The Morgan fingerprint density at radius 1 is 1.37 bits per heavy atom. The van der Waals surface area contributed by atoms with Gasteiger partial charge in [-0.3, -0.25) is 14.7 Å². The third kappa shape index (κ3) is 2.92. The third-order valence-corrected chi connectivity index (χ3v) is 2.49. The molecule has 0 bridgehead atoms. The Balaban J connectivity index is 2.29. The van der Waals surface area contributed by atoms with Crippen LogP contribution in [0.3, 0.4) is 0 Å². The lowest BCUT2D eigenvalue weighted by Gasteiger charge is -2.05. The van der Waals surface area contributed by atoms with Crippen LogP contribution in [0.25, 0.3) is 0 Å². The fourth-order valence-corrected chi connectivity index (χ4v) is 1.51. The van der Waals surface area contributed by atoms with E-state index in [9.17, 15) is 14.9 Å². The second-order valence-electron chi connectivity index (χ2n) is 3.78. The molecule has 0 unspecified atom stereocenters. The molecule has 2 aromatic rings. The van der Waals surface area contributed by atoms with Crippen LogP contribution in [0.4, 0.5) is 11.5 Å². The molecular formula is C11H11N5O3. The van der Waals surface area contributed by atoms with Crippen molar-refractivity contribution in [2.75, 3.05) is 12.4 Å². The van der Waals surface area contributed by atoms with Gasteiger partial charge in [0.15, 0.2) is 0 Å². The predicted octanol–water partition coefficient (Wildman–Crippen LogP) is 0.636.